The maximum Gasteiger partial charge on any atom is 0.337 e. The first-order valence-electron chi connectivity index (χ1n) is 5.29. The van der Waals surface area contributed by atoms with Crippen LogP contribution in [0.3, 0.4) is 0 Å². The van der Waals surface area contributed by atoms with Gasteiger partial charge in [-0.05, 0) is 34.8 Å². The van der Waals surface area contributed by atoms with Gasteiger partial charge in [-0.2, -0.15) is 0 Å². The van der Waals surface area contributed by atoms with Crippen molar-refractivity contribution in [3.8, 4) is 6.01 Å². The summed E-state index contributed by atoms with van der Waals surface area (Å²) in [5.74, 6) is 0. The lowest BCUT2D eigenvalue weighted by atomic mass is 10.3. The molecule has 0 atom stereocenters. The highest BCUT2D eigenvalue weighted by Crippen LogP contribution is 2.16. The molecule has 7 nitrogen and oxygen atoms in total. The molecule has 0 aliphatic carbocycles. The van der Waals surface area contributed by atoms with Gasteiger partial charge in [-0.25, -0.2) is 18.4 Å². The van der Waals surface area contributed by atoms with Crippen LogP contribution in [0.4, 0.5) is 5.69 Å². The molecule has 100 valence electrons. The molecule has 19 heavy (non-hydrogen) atoms. The summed E-state index contributed by atoms with van der Waals surface area (Å²) in [6.45, 7) is 0. The molecular weight excluding hydrogens is 268 g/mol. The number of nitrogen functional groups attached to an aromatic ring is 1. The van der Waals surface area contributed by atoms with Gasteiger partial charge in [-0.1, -0.05) is 0 Å². The number of nitrogens with zero attached hydrogens (tertiary/aromatic N) is 3. The van der Waals surface area contributed by atoms with Crippen molar-refractivity contribution in [2.75, 3.05) is 12.8 Å². The van der Waals surface area contributed by atoms with Gasteiger partial charge in [0.1, 0.15) is 0 Å². The number of aromatic nitrogens is 2. The maximum atomic E-state index is 12.2. The predicted octanol–water partition coefficient (Wildman–Crippen LogP) is 0.673. The molecule has 0 aliphatic heterocycles. The highest BCUT2D eigenvalue weighted by molar-refractivity contribution is 7.89. The monoisotopic (exact) mass is 280 g/mol. The minimum atomic E-state index is -3.78. The second kappa shape index (κ2) is 5.21. The van der Waals surface area contributed by atoms with Crippen molar-refractivity contribution in [2.24, 2.45) is 0 Å². The Bertz CT molecular complexity index is 643. The van der Waals surface area contributed by atoms with Gasteiger partial charge >= 0.3 is 6.01 Å². The van der Waals surface area contributed by atoms with Gasteiger partial charge in [-0.15, -0.1) is 0 Å². The summed E-state index contributed by atoms with van der Waals surface area (Å²) in [4.78, 5) is 12.7. The zero-order chi connectivity index (χ0) is 13.9. The largest absolute Gasteiger partial charge is 0.399 e. The Morgan fingerprint density at radius 1 is 1.16 bits per heavy atom. The summed E-state index contributed by atoms with van der Waals surface area (Å²) < 4.78 is 25.0. The Hall–Kier alpha value is -2.19. The SMILES string of the molecule is CN(Oc1ncccn1)S(=O)(=O)c1ccc(N)cc1. The summed E-state index contributed by atoms with van der Waals surface area (Å²) >= 11 is 0. The van der Waals surface area contributed by atoms with E-state index in [2.05, 4.69) is 9.97 Å². The van der Waals surface area contributed by atoms with Crippen molar-refractivity contribution < 1.29 is 13.3 Å². The van der Waals surface area contributed by atoms with Crippen molar-refractivity contribution in [3.63, 3.8) is 0 Å². The smallest absolute Gasteiger partial charge is 0.337 e. The first kappa shape index (κ1) is 13.2. The average molecular weight is 280 g/mol. The van der Waals surface area contributed by atoms with Gasteiger partial charge in [0.05, 0.1) is 4.90 Å². The Kier molecular flexibility index (Phi) is 3.63. The van der Waals surface area contributed by atoms with E-state index in [0.29, 0.717) is 10.2 Å². The van der Waals surface area contributed by atoms with Crippen molar-refractivity contribution in [1.82, 2.24) is 14.4 Å². The molecule has 0 saturated carbocycles. The molecule has 8 heteroatoms. The normalized spacial score (nSPS) is 11.5. The van der Waals surface area contributed by atoms with Crippen LogP contribution < -0.4 is 10.6 Å². The number of benzene rings is 1. The molecule has 0 fully saturated rings. The van der Waals surface area contributed by atoms with Crippen LogP contribution in [0, 0.1) is 0 Å². The van der Waals surface area contributed by atoms with E-state index >= 15 is 0 Å². The van der Waals surface area contributed by atoms with Crippen molar-refractivity contribution in [1.29, 1.82) is 0 Å². The highest BCUT2D eigenvalue weighted by Gasteiger charge is 2.23. The van der Waals surface area contributed by atoms with Gasteiger partial charge in [0.2, 0.25) is 0 Å². The van der Waals surface area contributed by atoms with E-state index in [1.807, 2.05) is 0 Å². The third kappa shape index (κ3) is 2.98. The number of nitrogens with two attached hydrogens (primary N) is 1. The van der Waals surface area contributed by atoms with E-state index in [0.717, 1.165) is 0 Å². The van der Waals surface area contributed by atoms with Crippen LogP contribution in [-0.2, 0) is 10.0 Å². The molecule has 1 aromatic carbocycles. The molecule has 0 bridgehead atoms. The van der Waals surface area contributed by atoms with Crippen molar-refractivity contribution in [3.05, 3.63) is 42.7 Å². The zero-order valence-electron chi connectivity index (χ0n) is 10.1. The molecule has 1 heterocycles. The molecule has 2 N–H and O–H groups in total. The molecule has 0 aliphatic rings. The van der Waals surface area contributed by atoms with Gasteiger partial charge in [-0.3, -0.25) is 0 Å². The van der Waals surface area contributed by atoms with Gasteiger partial charge in [0.25, 0.3) is 10.0 Å². The Morgan fingerprint density at radius 3 is 2.32 bits per heavy atom. The van der Waals surface area contributed by atoms with Gasteiger partial charge < -0.3 is 10.6 Å². The van der Waals surface area contributed by atoms with Crippen LogP contribution >= 0.6 is 0 Å². The first-order valence-corrected chi connectivity index (χ1v) is 6.73. The Labute approximate surface area is 110 Å². The fourth-order valence-corrected chi connectivity index (χ4v) is 2.23. The topological polar surface area (TPSA) is 98.4 Å². The molecule has 2 aromatic rings. The van der Waals surface area contributed by atoms with E-state index in [1.165, 1.54) is 43.7 Å². The number of sulfonamides is 1. The lowest BCUT2D eigenvalue weighted by Crippen LogP contribution is -2.30. The maximum absolute atomic E-state index is 12.2. The average Bonchev–Trinajstić information content (AvgIpc) is 2.40. The van der Waals surface area contributed by atoms with Crippen LogP contribution in [0.1, 0.15) is 0 Å². The molecule has 0 amide bonds. The summed E-state index contributed by atoms with van der Waals surface area (Å²) in [5, 5.41) is 0. The fourth-order valence-electron chi connectivity index (χ4n) is 1.28. The number of rotatable bonds is 4. The zero-order valence-corrected chi connectivity index (χ0v) is 10.9. The number of hydrogen-bond acceptors (Lipinski definition) is 6. The second-order valence-electron chi connectivity index (χ2n) is 3.61. The summed E-state index contributed by atoms with van der Waals surface area (Å²) in [5.41, 5.74) is 5.99. The third-order valence-corrected chi connectivity index (χ3v) is 3.89. The summed E-state index contributed by atoms with van der Waals surface area (Å²) in [6, 6.07) is 7.34. The van der Waals surface area contributed by atoms with Crippen LogP contribution in [0.15, 0.2) is 47.6 Å². The van der Waals surface area contributed by atoms with E-state index in [9.17, 15) is 8.42 Å². The van der Waals surface area contributed by atoms with E-state index < -0.39 is 10.0 Å². The number of hydroxylamine groups is 1. The van der Waals surface area contributed by atoms with E-state index in [-0.39, 0.29) is 10.9 Å². The van der Waals surface area contributed by atoms with Crippen LogP contribution in [0.5, 0.6) is 6.01 Å². The third-order valence-electron chi connectivity index (χ3n) is 2.27. The lowest BCUT2D eigenvalue weighted by molar-refractivity contribution is 0.0516. The number of anilines is 1. The molecule has 0 radical (unpaired) electrons. The van der Waals surface area contributed by atoms with Crippen molar-refractivity contribution >= 4 is 15.7 Å². The minimum absolute atomic E-state index is 0.0518. The number of hydrogen-bond donors (Lipinski definition) is 1. The lowest BCUT2D eigenvalue weighted by Gasteiger charge is -2.15. The summed E-state index contributed by atoms with van der Waals surface area (Å²) in [7, 11) is -2.51. The van der Waals surface area contributed by atoms with E-state index in [1.54, 1.807) is 6.07 Å². The standard InChI is InChI=1S/C11H12N4O3S/c1-15(18-11-13-7-2-8-14-11)19(16,17)10-5-3-9(12)4-6-10/h2-8H,12H2,1H3. The van der Waals surface area contributed by atoms with Crippen LogP contribution in [-0.4, -0.2) is 29.9 Å². The van der Waals surface area contributed by atoms with E-state index in [4.69, 9.17) is 10.6 Å². The first-order chi connectivity index (χ1) is 9.00. The summed E-state index contributed by atoms with van der Waals surface area (Å²) in [6.07, 6.45) is 2.90. The quantitative estimate of drug-likeness (QED) is 0.653. The molecule has 0 spiro atoms. The van der Waals surface area contributed by atoms with Gasteiger partial charge in [0.15, 0.2) is 0 Å². The Balaban J connectivity index is 2.22. The van der Waals surface area contributed by atoms with Crippen LogP contribution in [0.2, 0.25) is 0 Å². The molecule has 0 saturated heterocycles. The Morgan fingerprint density at radius 2 is 1.74 bits per heavy atom. The molecule has 1 aromatic heterocycles. The predicted molar refractivity (Wildman–Crippen MR) is 68.5 cm³/mol. The van der Waals surface area contributed by atoms with Crippen molar-refractivity contribution in [2.45, 2.75) is 4.90 Å². The van der Waals surface area contributed by atoms with Gasteiger partial charge in [0, 0.05) is 25.1 Å². The fraction of sp³-hybridized carbons (Fsp3) is 0.0909. The highest BCUT2D eigenvalue weighted by atomic mass is 32.2. The second-order valence-corrected chi connectivity index (χ2v) is 5.54. The minimum Gasteiger partial charge on any atom is -0.399 e. The molecule has 0 unspecified atom stereocenters. The molecular formula is C11H12N4O3S. The molecule has 2 rings (SSSR count). The van der Waals surface area contributed by atoms with Crippen LogP contribution in [0.25, 0.3) is 0 Å².